The van der Waals surface area contributed by atoms with E-state index in [1.54, 1.807) is 14.0 Å². The summed E-state index contributed by atoms with van der Waals surface area (Å²) in [5.74, 6) is 0.940. The summed E-state index contributed by atoms with van der Waals surface area (Å²) in [5, 5.41) is 0. The number of hydrogen-bond donors (Lipinski definition) is 0. The van der Waals surface area contributed by atoms with Crippen molar-refractivity contribution in [2.75, 3.05) is 20.3 Å². The van der Waals surface area contributed by atoms with Gasteiger partial charge in [0.2, 0.25) is 0 Å². The van der Waals surface area contributed by atoms with Crippen molar-refractivity contribution >= 4 is 5.78 Å². The quantitative estimate of drug-likeness (QED) is 0.804. The van der Waals surface area contributed by atoms with Crippen molar-refractivity contribution in [2.45, 2.75) is 26.2 Å². The lowest BCUT2D eigenvalue weighted by atomic mass is 9.73. The van der Waals surface area contributed by atoms with Crippen LogP contribution in [0, 0.1) is 13.8 Å². The van der Waals surface area contributed by atoms with Gasteiger partial charge < -0.3 is 9.47 Å². The molecule has 1 aliphatic heterocycles. The average Bonchev–Trinajstić information content (AvgIpc) is 2.18. The molecule has 0 atom stereocenters. The van der Waals surface area contributed by atoms with Crippen LogP contribution in [-0.4, -0.2) is 26.1 Å². The van der Waals surface area contributed by atoms with Gasteiger partial charge in [-0.05, 0) is 38.0 Å². The first-order valence-corrected chi connectivity index (χ1v) is 5.76. The molecule has 1 fully saturated rings. The fourth-order valence-corrected chi connectivity index (χ4v) is 2.53. The summed E-state index contributed by atoms with van der Waals surface area (Å²) < 4.78 is 10.7. The highest BCUT2D eigenvalue weighted by Crippen LogP contribution is 2.41. The van der Waals surface area contributed by atoms with Crippen molar-refractivity contribution in [2.24, 2.45) is 0 Å². The molecule has 1 aliphatic rings. The van der Waals surface area contributed by atoms with E-state index >= 15 is 0 Å². The molecule has 0 amide bonds. The van der Waals surface area contributed by atoms with Gasteiger partial charge in [0.1, 0.15) is 16.9 Å². The SMILES string of the molecule is COc1cc(C)cc(C)c1C1(C(C)=O)COC1. The Bertz CT molecular complexity index is 459. The summed E-state index contributed by atoms with van der Waals surface area (Å²) in [4.78, 5) is 11.9. The number of ketones is 1. The second-order valence-corrected chi connectivity index (χ2v) is 4.79. The Hall–Kier alpha value is -1.35. The summed E-state index contributed by atoms with van der Waals surface area (Å²) >= 11 is 0. The highest BCUT2D eigenvalue weighted by Gasteiger charge is 2.47. The van der Waals surface area contributed by atoms with E-state index < -0.39 is 5.41 Å². The van der Waals surface area contributed by atoms with Gasteiger partial charge in [-0.1, -0.05) is 6.07 Å². The van der Waals surface area contributed by atoms with E-state index in [1.807, 2.05) is 19.9 Å². The van der Waals surface area contributed by atoms with E-state index in [2.05, 4.69) is 6.07 Å². The van der Waals surface area contributed by atoms with E-state index in [0.29, 0.717) is 13.2 Å². The normalized spacial score (nSPS) is 17.4. The molecule has 0 aliphatic carbocycles. The number of aryl methyl sites for hydroxylation is 2. The van der Waals surface area contributed by atoms with Crippen LogP contribution in [0.2, 0.25) is 0 Å². The highest BCUT2D eigenvalue weighted by molar-refractivity contribution is 5.90. The van der Waals surface area contributed by atoms with Crippen LogP contribution in [-0.2, 0) is 14.9 Å². The summed E-state index contributed by atoms with van der Waals surface area (Å²) in [6.07, 6.45) is 0. The van der Waals surface area contributed by atoms with Crippen LogP contribution < -0.4 is 4.74 Å². The van der Waals surface area contributed by atoms with Crippen molar-refractivity contribution in [3.05, 3.63) is 28.8 Å². The molecule has 0 spiro atoms. The van der Waals surface area contributed by atoms with Gasteiger partial charge in [0.15, 0.2) is 0 Å². The Balaban J connectivity index is 2.61. The zero-order valence-electron chi connectivity index (χ0n) is 10.8. The molecule has 3 nitrogen and oxygen atoms in total. The molecule has 1 heterocycles. The third-order valence-corrected chi connectivity index (χ3v) is 3.51. The molecule has 1 aromatic rings. The molecule has 3 heteroatoms. The molecule has 0 unspecified atom stereocenters. The average molecular weight is 234 g/mol. The number of benzene rings is 1. The Morgan fingerprint density at radius 2 is 2.00 bits per heavy atom. The summed E-state index contributed by atoms with van der Waals surface area (Å²) in [6.45, 7) is 6.59. The van der Waals surface area contributed by atoms with Crippen molar-refractivity contribution < 1.29 is 14.3 Å². The molecule has 0 N–H and O–H groups in total. The van der Waals surface area contributed by atoms with Crippen LogP contribution in [0.15, 0.2) is 12.1 Å². The fraction of sp³-hybridized carbons (Fsp3) is 0.500. The Morgan fingerprint density at radius 3 is 2.41 bits per heavy atom. The number of carbonyl (C=O) groups is 1. The minimum Gasteiger partial charge on any atom is -0.496 e. The van der Waals surface area contributed by atoms with Gasteiger partial charge in [-0.15, -0.1) is 0 Å². The number of Topliss-reactive ketones (excluding diaryl/α,β-unsaturated/α-hetero) is 1. The molecular weight excluding hydrogens is 216 g/mol. The number of rotatable bonds is 3. The second-order valence-electron chi connectivity index (χ2n) is 4.79. The second kappa shape index (κ2) is 4.15. The summed E-state index contributed by atoms with van der Waals surface area (Å²) in [6, 6.07) is 4.06. The number of carbonyl (C=O) groups excluding carboxylic acids is 1. The van der Waals surface area contributed by atoms with Crippen molar-refractivity contribution in [1.82, 2.24) is 0 Å². The zero-order chi connectivity index (χ0) is 12.6. The van der Waals surface area contributed by atoms with Gasteiger partial charge in [-0.3, -0.25) is 4.79 Å². The summed E-state index contributed by atoms with van der Waals surface area (Å²) in [5.41, 5.74) is 2.73. The number of hydrogen-bond acceptors (Lipinski definition) is 3. The van der Waals surface area contributed by atoms with E-state index in [0.717, 1.165) is 22.4 Å². The van der Waals surface area contributed by atoms with Gasteiger partial charge >= 0.3 is 0 Å². The van der Waals surface area contributed by atoms with E-state index in [9.17, 15) is 4.79 Å². The first kappa shape index (κ1) is 12.1. The van der Waals surface area contributed by atoms with Gasteiger partial charge in [0.25, 0.3) is 0 Å². The highest BCUT2D eigenvalue weighted by atomic mass is 16.5. The van der Waals surface area contributed by atoms with Crippen LogP contribution >= 0.6 is 0 Å². The molecule has 2 rings (SSSR count). The fourth-order valence-electron chi connectivity index (χ4n) is 2.53. The van der Waals surface area contributed by atoms with Gasteiger partial charge in [-0.25, -0.2) is 0 Å². The largest absolute Gasteiger partial charge is 0.496 e. The maximum Gasteiger partial charge on any atom is 0.145 e. The maximum atomic E-state index is 11.9. The first-order chi connectivity index (χ1) is 8.01. The van der Waals surface area contributed by atoms with Gasteiger partial charge in [0.05, 0.1) is 20.3 Å². The first-order valence-electron chi connectivity index (χ1n) is 5.76. The van der Waals surface area contributed by atoms with Crippen molar-refractivity contribution in [3.63, 3.8) is 0 Å². The van der Waals surface area contributed by atoms with Gasteiger partial charge in [0, 0.05) is 5.56 Å². The molecule has 17 heavy (non-hydrogen) atoms. The summed E-state index contributed by atoms with van der Waals surface area (Å²) in [7, 11) is 1.64. The van der Waals surface area contributed by atoms with Crippen molar-refractivity contribution in [1.29, 1.82) is 0 Å². The van der Waals surface area contributed by atoms with Crippen LogP contribution in [0.25, 0.3) is 0 Å². The minimum absolute atomic E-state index is 0.147. The van der Waals surface area contributed by atoms with E-state index in [1.165, 1.54) is 0 Å². The van der Waals surface area contributed by atoms with Crippen LogP contribution in [0.3, 0.4) is 0 Å². The lowest BCUT2D eigenvalue weighted by Crippen LogP contribution is -2.52. The third-order valence-electron chi connectivity index (χ3n) is 3.51. The standard InChI is InChI=1S/C14H18O3/c1-9-5-10(2)13(12(6-9)16-4)14(11(3)15)7-17-8-14/h5-6H,7-8H2,1-4H3. The molecular formula is C14H18O3. The smallest absolute Gasteiger partial charge is 0.145 e. The third kappa shape index (κ3) is 1.75. The Morgan fingerprint density at radius 1 is 1.35 bits per heavy atom. The van der Waals surface area contributed by atoms with E-state index in [-0.39, 0.29) is 5.78 Å². The maximum absolute atomic E-state index is 11.9. The monoisotopic (exact) mass is 234 g/mol. The predicted molar refractivity (Wildman–Crippen MR) is 65.6 cm³/mol. The van der Waals surface area contributed by atoms with Crippen LogP contribution in [0.4, 0.5) is 0 Å². The lowest BCUT2D eigenvalue weighted by molar-refractivity contribution is -0.140. The van der Waals surface area contributed by atoms with Crippen LogP contribution in [0.1, 0.15) is 23.6 Å². The molecule has 0 radical (unpaired) electrons. The van der Waals surface area contributed by atoms with Crippen LogP contribution in [0.5, 0.6) is 5.75 Å². The van der Waals surface area contributed by atoms with Crippen molar-refractivity contribution in [3.8, 4) is 5.75 Å². The predicted octanol–water partition coefficient (Wildman–Crippen LogP) is 2.17. The molecule has 92 valence electrons. The minimum atomic E-state index is -0.497. The number of ether oxygens (including phenoxy) is 2. The molecule has 0 aromatic heterocycles. The van der Waals surface area contributed by atoms with Gasteiger partial charge in [-0.2, -0.15) is 0 Å². The lowest BCUT2D eigenvalue weighted by Gasteiger charge is -2.41. The number of methoxy groups -OCH3 is 1. The molecule has 1 saturated heterocycles. The zero-order valence-corrected chi connectivity index (χ0v) is 10.8. The molecule has 0 bridgehead atoms. The Kier molecular flexibility index (Phi) is 2.96. The Labute approximate surface area is 102 Å². The molecule has 0 saturated carbocycles. The topological polar surface area (TPSA) is 35.5 Å². The van der Waals surface area contributed by atoms with E-state index in [4.69, 9.17) is 9.47 Å². The molecule has 1 aromatic carbocycles.